The van der Waals surface area contributed by atoms with Gasteiger partial charge >= 0.3 is 0 Å². The van der Waals surface area contributed by atoms with Gasteiger partial charge in [0, 0.05) is 24.3 Å². The molecule has 2 N–H and O–H groups in total. The van der Waals surface area contributed by atoms with Crippen molar-refractivity contribution in [1.82, 2.24) is 10.1 Å². The predicted molar refractivity (Wildman–Crippen MR) is 77.1 cm³/mol. The molecule has 0 bridgehead atoms. The second-order valence-electron chi connectivity index (χ2n) is 5.06. The molecule has 0 aliphatic rings. The van der Waals surface area contributed by atoms with Crippen LogP contribution in [0.5, 0.6) is 0 Å². The summed E-state index contributed by atoms with van der Waals surface area (Å²) in [6.45, 7) is 6.15. The van der Waals surface area contributed by atoms with Crippen LogP contribution < -0.4 is 5.73 Å². The maximum Gasteiger partial charge on any atom is 0.293 e. The van der Waals surface area contributed by atoms with Crippen molar-refractivity contribution in [2.45, 2.75) is 33.4 Å². The quantitative estimate of drug-likeness (QED) is 0.869. The molecule has 5 heteroatoms. The lowest BCUT2D eigenvalue weighted by molar-refractivity contribution is 0.0648. The first-order valence-corrected chi connectivity index (χ1v) is 6.56. The van der Waals surface area contributed by atoms with Crippen LogP contribution in [0.15, 0.2) is 34.9 Å². The highest BCUT2D eigenvalue weighted by Crippen LogP contribution is 2.18. The summed E-state index contributed by atoms with van der Waals surface area (Å²) >= 11 is 0. The Labute approximate surface area is 118 Å². The van der Waals surface area contributed by atoms with Crippen molar-refractivity contribution < 1.29 is 9.32 Å². The molecule has 0 atom stereocenters. The summed E-state index contributed by atoms with van der Waals surface area (Å²) in [6.07, 6.45) is 0. The Morgan fingerprint density at radius 3 is 2.65 bits per heavy atom. The number of para-hydroxylation sites is 1. The van der Waals surface area contributed by atoms with E-state index in [0.717, 1.165) is 5.56 Å². The van der Waals surface area contributed by atoms with Crippen LogP contribution in [-0.2, 0) is 6.54 Å². The normalized spacial score (nSPS) is 10.8. The zero-order valence-electron chi connectivity index (χ0n) is 12.0. The molecule has 0 aliphatic carbocycles. The van der Waals surface area contributed by atoms with Crippen LogP contribution in [0.4, 0.5) is 5.69 Å². The number of nitrogen functional groups attached to an aromatic ring is 1. The Morgan fingerprint density at radius 2 is 2.10 bits per heavy atom. The van der Waals surface area contributed by atoms with Gasteiger partial charge < -0.3 is 15.2 Å². The number of hydrogen-bond donors (Lipinski definition) is 1. The molecule has 0 saturated heterocycles. The Bertz CT molecular complexity index is 605. The van der Waals surface area contributed by atoms with Crippen molar-refractivity contribution in [3.63, 3.8) is 0 Å². The van der Waals surface area contributed by atoms with Gasteiger partial charge in [-0.2, -0.15) is 0 Å². The lowest BCUT2D eigenvalue weighted by Crippen LogP contribution is -2.36. The Morgan fingerprint density at radius 1 is 1.40 bits per heavy atom. The first-order valence-electron chi connectivity index (χ1n) is 6.56. The second-order valence-corrected chi connectivity index (χ2v) is 5.06. The fraction of sp³-hybridized carbons (Fsp3) is 0.333. The number of anilines is 1. The maximum atomic E-state index is 12.5. The van der Waals surface area contributed by atoms with E-state index >= 15 is 0 Å². The van der Waals surface area contributed by atoms with E-state index in [9.17, 15) is 4.79 Å². The number of carbonyl (C=O) groups is 1. The van der Waals surface area contributed by atoms with Crippen molar-refractivity contribution in [2.75, 3.05) is 5.73 Å². The third-order valence-electron chi connectivity index (χ3n) is 3.12. The standard InChI is InChI=1S/C15H19N3O2/c1-10(2)18(9-12-6-4-5-7-13(12)16)15(19)14-8-11(3)17-20-14/h4-8,10H,9,16H2,1-3H3. The average molecular weight is 273 g/mol. The lowest BCUT2D eigenvalue weighted by atomic mass is 10.1. The number of aryl methyl sites for hydroxylation is 1. The van der Waals surface area contributed by atoms with E-state index in [1.807, 2.05) is 38.1 Å². The minimum absolute atomic E-state index is 0.0347. The largest absolute Gasteiger partial charge is 0.398 e. The molecule has 1 amide bonds. The van der Waals surface area contributed by atoms with E-state index < -0.39 is 0 Å². The molecule has 1 aromatic carbocycles. The van der Waals surface area contributed by atoms with Crippen LogP contribution in [0, 0.1) is 6.92 Å². The molecular formula is C15H19N3O2. The molecular weight excluding hydrogens is 254 g/mol. The summed E-state index contributed by atoms with van der Waals surface area (Å²) < 4.78 is 5.05. The maximum absolute atomic E-state index is 12.5. The molecule has 1 aromatic heterocycles. The van der Waals surface area contributed by atoms with Crippen LogP contribution in [0.3, 0.4) is 0 Å². The van der Waals surface area contributed by atoms with Crippen LogP contribution in [0.2, 0.25) is 0 Å². The van der Waals surface area contributed by atoms with Crippen molar-refractivity contribution in [3.05, 3.63) is 47.3 Å². The third-order valence-corrected chi connectivity index (χ3v) is 3.12. The molecule has 2 aromatic rings. The monoisotopic (exact) mass is 273 g/mol. The van der Waals surface area contributed by atoms with Gasteiger partial charge in [0.1, 0.15) is 0 Å². The predicted octanol–water partition coefficient (Wildman–Crippen LogP) is 2.62. The topological polar surface area (TPSA) is 72.4 Å². The molecule has 0 aliphatic heterocycles. The van der Waals surface area contributed by atoms with Crippen molar-refractivity contribution in [1.29, 1.82) is 0 Å². The summed E-state index contributed by atoms with van der Waals surface area (Å²) in [5.41, 5.74) is 8.23. The van der Waals surface area contributed by atoms with Gasteiger partial charge in [-0.3, -0.25) is 4.79 Å². The Kier molecular flexibility index (Phi) is 4.08. The van der Waals surface area contributed by atoms with Crippen molar-refractivity contribution >= 4 is 11.6 Å². The molecule has 0 saturated carbocycles. The van der Waals surface area contributed by atoms with Gasteiger partial charge in [-0.15, -0.1) is 0 Å². The zero-order chi connectivity index (χ0) is 14.7. The molecule has 0 fully saturated rings. The van der Waals surface area contributed by atoms with E-state index in [-0.39, 0.29) is 17.7 Å². The SMILES string of the molecule is Cc1cc(C(=O)N(Cc2ccccc2N)C(C)C)on1. The van der Waals surface area contributed by atoms with Gasteiger partial charge in [0.2, 0.25) is 5.76 Å². The minimum atomic E-state index is -0.177. The molecule has 0 spiro atoms. The highest BCUT2D eigenvalue weighted by Gasteiger charge is 2.23. The number of benzene rings is 1. The fourth-order valence-electron chi connectivity index (χ4n) is 1.96. The van der Waals surface area contributed by atoms with Gasteiger partial charge in [-0.05, 0) is 32.4 Å². The summed E-state index contributed by atoms with van der Waals surface area (Å²) in [7, 11) is 0. The first-order chi connectivity index (χ1) is 9.49. The number of hydrogen-bond acceptors (Lipinski definition) is 4. The van der Waals surface area contributed by atoms with Gasteiger partial charge in [0.05, 0.1) is 5.69 Å². The molecule has 5 nitrogen and oxygen atoms in total. The third kappa shape index (κ3) is 2.99. The Balaban J connectivity index is 2.24. The van der Waals surface area contributed by atoms with E-state index in [0.29, 0.717) is 17.9 Å². The highest BCUT2D eigenvalue weighted by atomic mass is 16.5. The van der Waals surface area contributed by atoms with E-state index in [2.05, 4.69) is 5.16 Å². The van der Waals surface area contributed by atoms with Crippen LogP contribution in [0.1, 0.15) is 35.7 Å². The average Bonchev–Trinajstić information content (AvgIpc) is 2.83. The molecule has 1 heterocycles. The van der Waals surface area contributed by atoms with Crippen LogP contribution in [0.25, 0.3) is 0 Å². The van der Waals surface area contributed by atoms with Gasteiger partial charge in [0.15, 0.2) is 0 Å². The number of carbonyl (C=O) groups excluding carboxylic acids is 1. The summed E-state index contributed by atoms with van der Waals surface area (Å²) in [5.74, 6) is 0.0783. The number of aromatic nitrogens is 1. The van der Waals surface area contributed by atoms with E-state index in [1.165, 1.54) is 0 Å². The molecule has 20 heavy (non-hydrogen) atoms. The van der Waals surface area contributed by atoms with Crippen molar-refractivity contribution in [2.24, 2.45) is 0 Å². The summed E-state index contributed by atoms with van der Waals surface area (Å²) in [4.78, 5) is 14.2. The zero-order valence-corrected chi connectivity index (χ0v) is 12.0. The van der Waals surface area contributed by atoms with Crippen LogP contribution in [-0.4, -0.2) is 22.0 Å². The molecule has 2 rings (SSSR count). The van der Waals surface area contributed by atoms with E-state index in [4.69, 9.17) is 10.3 Å². The summed E-state index contributed by atoms with van der Waals surface area (Å²) in [5, 5.41) is 3.76. The van der Waals surface area contributed by atoms with Gasteiger partial charge in [-0.1, -0.05) is 23.4 Å². The Hall–Kier alpha value is -2.30. The van der Waals surface area contributed by atoms with Crippen LogP contribution >= 0.6 is 0 Å². The van der Waals surface area contributed by atoms with Gasteiger partial charge in [-0.25, -0.2) is 0 Å². The van der Waals surface area contributed by atoms with E-state index in [1.54, 1.807) is 17.9 Å². The molecule has 106 valence electrons. The summed E-state index contributed by atoms with van der Waals surface area (Å²) in [6, 6.07) is 9.22. The second kappa shape index (κ2) is 5.77. The number of nitrogens with two attached hydrogens (primary N) is 1. The van der Waals surface area contributed by atoms with Crippen molar-refractivity contribution in [3.8, 4) is 0 Å². The number of rotatable bonds is 4. The lowest BCUT2D eigenvalue weighted by Gasteiger charge is -2.26. The minimum Gasteiger partial charge on any atom is -0.398 e. The van der Waals surface area contributed by atoms with Gasteiger partial charge in [0.25, 0.3) is 5.91 Å². The molecule has 0 radical (unpaired) electrons. The number of amides is 1. The fourth-order valence-corrected chi connectivity index (χ4v) is 1.96. The first kappa shape index (κ1) is 14.1. The smallest absolute Gasteiger partial charge is 0.293 e. The number of nitrogens with zero attached hydrogens (tertiary/aromatic N) is 2. The highest BCUT2D eigenvalue weighted by molar-refractivity contribution is 5.91. The molecule has 0 unspecified atom stereocenters.